The van der Waals surface area contributed by atoms with Crippen molar-refractivity contribution in [2.45, 2.75) is 49.1 Å². The van der Waals surface area contributed by atoms with Gasteiger partial charge in [-0.3, -0.25) is 0 Å². The Labute approximate surface area is 227 Å². The van der Waals surface area contributed by atoms with Crippen molar-refractivity contribution in [1.82, 2.24) is 0 Å². The molecule has 0 aliphatic heterocycles. The van der Waals surface area contributed by atoms with Gasteiger partial charge in [-0.1, -0.05) is 0 Å². The first-order valence-corrected chi connectivity index (χ1v) is 11.7. The maximum absolute atomic E-state index is 12.2. The van der Waals surface area contributed by atoms with Crippen LogP contribution in [0.25, 0.3) is 0 Å². The number of carbonyl (C=O) groups excluding carboxylic acids is 4. The number of carboxylic acids is 4. The Hall–Kier alpha value is -2.68. The molecule has 0 aliphatic rings. The summed E-state index contributed by atoms with van der Waals surface area (Å²) in [4.78, 5) is 93.0. The summed E-state index contributed by atoms with van der Waals surface area (Å²) < 4.78 is 17.5. The average molecular weight is 744 g/mol. The maximum atomic E-state index is 12.2. The molecule has 0 spiro atoms. The molecular formula is C16H20O18Sb2. The summed E-state index contributed by atoms with van der Waals surface area (Å²) in [6, 6.07) is 0. The third-order valence-corrected chi connectivity index (χ3v) is 5.65. The van der Waals surface area contributed by atoms with E-state index in [0.717, 1.165) is 0 Å². The Kier molecular flexibility index (Phi) is 13.1. The molecule has 0 aromatic heterocycles. The number of aliphatic hydroxyl groups is 2. The van der Waals surface area contributed by atoms with Gasteiger partial charge in [0, 0.05) is 0 Å². The normalized spacial score (nSPS) is 15.6. The Bertz CT molecular complexity index is 858. The van der Waals surface area contributed by atoms with Gasteiger partial charge in [0.1, 0.15) is 0 Å². The Morgan fingerprint density at radius 2 is 0.861 bits per heavy atom. The van der Waals surface area contributed by atoms with Gasteiger partial charge in [0.2, 0.25) is 0 Å². The minimum absolute atomic E-state index is 0.192. The van der Waals surface area contributed by atoms with Crippen molar-refractivity contribution in [1.29, 1.82) is 0 Å². The van der Waals surface area contributed by atoms with Gasteiger partial charge < -0.3 is 0 Å². The number of esters is 2. The monoisotopic (exact) mass is 742 g/mol. The number of rotatable bonds is 15. The van der Waals surface area contributed by atoms with E-state index < -0.39 is 96.8 Å². The van der Waals surface area contributed by atoms with E-state index in [2.05, 4.69) is 15.5 Å². The zero-order valence-electron chi connectivity index (χ0n) is 17.7. The van der Waals surface area contributed by atoms with E-state index in [9.17, 15) is 58.8 Å². The van der Waals surface area contributed by atoms with Gasteiger partial charge in [-0.15, -0.1) is 0 Å². The van der Waals surface area contributed by atoms with Gasteiger partial charge in [0.15, 0.2) is 0 Å². The zero-order valence-corrected chi connectivity index (χ0v) is 24.3. The number of carboxylic acid groups (broad SMARTS) is 4. The standard InChI is InChI=1S/C16H18O18.2Sb.4H/c17-5(18)1-15(13(29)30,2-6(19)20)33-11(27)9(25)10(26)12(28)34-16(14(31)32,3-7(21)22)4-8(23)24;;;;;;/h9-10,25-26H,1-4H2,(H,17,18)(H,19,20)(H,21,22)(H,23,24)(H,29,30)(H,31,32);;;;;;/q;2*+1;;;;/p-2. The molecule has 0 rings (SSSR count). The van der Waals surface area contributed by atoms with Crippen molar-refractivity contribution in [3.05, 3.63) is 0 Å². The molecule has 0 heterocycles. The number of carbonyl (C=O) groups is 8. The van der Waals surface area contributed by atoms with E-state index in [0.29, 0.717) is 0 Å². The molecule has 6 N–H and O–H groups in total. The van der Waals surface area contributed by atoms with E-state index in [-0.39, 0.29) is 46.9 Å². The van der Waals surface area contributed by atoms with Crippen LogP contribution in [0.3, 0.4) is 0 Å². The second-order valence-corrected chi connectivity index (χ2v) is 8.15. The molecule has 20 heteroatoms. The Morgan fingerprint density at radius 1 is 0.583 bits per heavy atom. The van der Waals surface area contributed by atoms with E-state index in [1.54, 1.807) is 0 Å². The van der Waals surface area contributed by atoms with Gasteiger partial charge in [0.25, 0.3) is 0 Å². The molecule has 0 aromatic carbocycles. The summed E-state index contributed by atoms with van der Waals surface area (Å²) in [5, 5.41) is 56.5. The molecular weight excluding hydrogens is 724 g/mol. The molecule has 0 aromatic rings. The van der Waals surface area contributed by atoms with E-state index >= 15 is 0 Å². The molecule has 4 atom stereocenters. The minimum atomic E-state index is -3.16. The van der Waals surface area contributed by atoms with Crippen LogP contribution in [0.4, 0.5) is 0 Å². The summed E-state index contributed by atoms with van der Waals surface area (Å²) in [5.41, 5.74) is -6.31. The molecule has 0 saturated carbocycles. The molecule has 0 radical (unpaired) electrons. The zero-order chi connectivity index (χ0) is 28.4. The van der Waals surface area contributed by atoms with Crippen LogP contribution in [0.1, 0.15) is 25.7 Å². The first-order chi connectivity index (χ1) is 16.5. The van der Waals surface area contributed by atoms with Crippen LogP contribution in [-0.2, 0) is 53.9 Å². The Balaban J connectivity index is 6.02. The molecule has 0 saturated heterocycles. The summed E-state index contributed by atoms with van der Waals surface area (Å²) >= 11 is -0.385. The van der Waals surface area contributed by atoms with Crippen molar-refractivity contribution in [2.24, 2.45) is 0 Å². The van der Waals surface area contributed by atoms with Crippen LogP contribution in [0.15, 0.2) is 0 Å². The fourth-order valence-electron chi connectivity index (χ4n) is 2.46. The number of aliphatic carboxylic acids is 4. The molecule has 0 bridgehead atoms. The number of hydrogen-bond donors (Lipinski definition) is 6. The predicted molar refractivity (Wildman–Crippen MR) is 108 cm³/mol. The number of hydrogen-bond acceptors (Lipinski definition) is 14. The van der Waals surface area contributed by atoms with Crippen molar-refractivity contribution < 1.29 is 84.5 Å². The van der Waals surface area contributed by atoms with Crippen LogP contribution in [-0.4, -0.2) is 149 Å². The summed E-state index contributed by atoms with van der Waals surface area (Å²) in [7, 11) is 0. The Morgan fingerprint density at radius 3 is 1.06 bits per heavy atom. The number of ether oxygens (including phenoxy) is 2. The molecule has 36 heavy (non-hydrogen) atoms. The fraction of sp³-hybridized carbons (Fsp3) is 0.500. The van der Waals surface area contributed by atoms with Crippen LogP contribution >= 0.6 is 0 Å². The van der Waals surface area contributed by atoms with Crippen LogP contribution in [0.2, 0.25) is 0 Å². The van der Waals surface area contributed by atoms with Gasteiger partial charge in [-0.25, -0.2) is 0 Å². The number of aliphatic hydroxyl groups excluding tert-OH is 2. The molecule has 4 unspecified atom stereocenters. The van der Waals surface area contributed by atoms with Crippen molar-refractivity contribution in [3.8, 4) is 0 Å². The average Bonchev–Trinajstić information content (AvgIpc) is 2.76. The van der Waals surface area contributed by atoms with E-state index in [1.165, 1.54) is 0 Å². The van der Waals surface area contributed by atoms with Gasteiger partial charge >= 0.3 is 228 Å². The molecule has 0 amide bonds. The third-order valence-electron chi connectivity index (χ3n) is 4.15. The van der Waals surface area contributed by atoms with Crippen LogP contribution in [0.5, 0.6) is 0 Å². The van der Waals surface area contributed by atoms with Crippen molar-refractivity contribution in [2.75, 3.05) is 0 Å². The molecule has 18 nitrogen and oxygen atoms in total. The van der Waals surface area contributed by atoms with Crippen LogP contribution in [0, 0.1) is 0 Å². The second kappa shape index (κ2) is 14.2. The molecule has 0 aliphatic carbocycles. The van der Waals surface area contributed by atoms with E-state index in [4.69, 9.17) is 10.2 Å². The third kappa shape index (κ3) is 9.41. The summed E-state index contributed by atoms with van der Waals surface area (Å²) in [5.74, 6) is -15.1. The van der Waals surface area contributed by atoms with Gasteiger partial charge in [-0.2, -0.15) is 0 Å². The molecule has 202 valence electrons. The van der Waals surface area contributed by atoms with Crippen LogP contribution < -0.4 is 0 Å². The topological polar surface area (TPSA) is 295 Å². The van der Waals surface area contributed by atoms with Gasteiger partial charge in [0.05, 0.1) is 0 Å². The quantitative estimate of drug-likeness (QED) is 0.0673. The fourth-order valence-corrected chi connectivity index (χ4v) is 2.94. The SMILES string of the molecule is O=C(O)CC(CC(=O)[O][SbH2])(OC(=O)C(O)C(O)C(=O)OC(CC(=O)O)(CC(=O)[O][SbH2])C(=O)O)C(=O)O. The summed E-state index contributed by atoms with van der Waals surface area (Å²) in [6.07, 6.45) is -11.9. The van der Waals surface area contributed by atoms with Gasteiger partial charge in [-0.05, 0) is 0 Å². The predicted octanol–water partition coefficient (Wildman–Crippen LogP) is -5.65. The van der Waals surface area contributed by atoms with Crippen molar-refractivity contribution in [3.63, 3.8) is 0 Å². The summed E-state index contributed by atoms with van der Waals surface area (Å²) in [6.45, 7) is 0. The van der Waals surface area contributed by atoms with E-state index in [1.807, 2.05) is 0 Å². The molecule has 0 fully saturated rings. The first-order valence-electron chi connectivity index (χ1n) is 8.98. The second-order valence-electron chi connectivity index (χ2n) is 6.81. The van der Waals surface area contributed by atoms with Crippen molar-refractivity contribution >= 4 is 94.6 Å². The first kappa shape index (κ1) is 33.3.